The van der Waals surface area contributed by atoms with Crippen molar-refractivity contribution in [3.8, 4) is 23.0 Å². The smallest absolute Gasteiger partial charge is 0.272 e. The minimum Gasteiger partial charge on any atom is -0.508 e. The Morgan fingerprint density at radius 3 is 2.23 bits per heavy atom. The molecule has 0 unspecified atom stereocenters. The Hall–Kier alpha value is -5.22. The summed E-state index contributed by atoms with van der Waals surface area (Å²) < 4.78 is 15.9. The third-order valence-corrected chi connectivity index (χ3v) is 7.21. The van der Waals surface area contributed by atoms with Crippen molar-refractivity contribution in [2.75, 3.05) is 32.4 Å². The number of phenolic OH excluding ortho intramolecular Hbond substituents is 1. The molecule has 0 heterocycles. The molecule has 0 aliphatic carbocycles. The summed E-state index contributed by atoms with van der Waals surface area (Å²) in [6, 6.07) is 25.0. The number of phenols is 1. The number of rotatable bonds is 12. The molecular formula is C33H30N2O7S. The molecule has 43 heavy (non-hydrogen) atoms. The molecule has 0 radical (unpaired) electrons. The fourth-order valence-corrected chi connectivity index (χ4v) is 4.87. The van der Waals surface area contributed by atoms with E-state index in [1.54, 1.807) is 72.8 Å². The molecule has 220 valence electrons. The quantitative estimate of drug-likeness (QED) is 0.106. The third-order valence-electron chi connectivity index (χ3n) is 6.21. The van der Waals surface area contributed by atoms with Crippen molar-refractivity contribution in [1.29, 1.82) is 0 Å². The highest BCUT2D eigenvalue weighted by molar-refractivity contribution is 8.00. The molecular weight excluding hydrogens is 568 g/mol. The predicted molar refractivity (Wildman–Crippen MR) is 166 cm³/mol. The Morgan fingerprint density at radius 1 is 0.767 bits per heavy atom. The van der Waals surface area contributed by atoms with Crippen molar-refractivity contribution >= 4 is 41.1 Å². The first-order valence-electron chi connectivity index (χ1n) is 13.1. The van der Waals surface area contributed by atoms with E-state index in [1.807, 2.05) is 6.07 Å². The second-order valence-corrected chi connectivity index (χ2v) is 10.1. The minimum atomic E-state index is -0.581. The summed E-state index contributed by atoms with van der Waals surface area (Å²) in [6.45, 7) is 0. The molecule has 0 atom stereocenters. The number of ether oxygens (including phenoxy) is 3. The van der Waals surface area contributed by atoms with Crippen LogP contribution in [0.2, 0.25) is 0 Å². The van der Waals surface area contributed by atoms with E-state index in [-0.39, 0.29) is 23.0 Å². The van der Waals surface area contributed by atoms with Crippen LogP contribution in [0.5, 0.6) is 23.0 Å². The van der Waals surface area contributed by atoms with E-state index in [1.165, 1.54) is 51.3 Å². The van der Waals surface area contributed by atoms with E-state index in [0.29, 0.717) is 39.6 Å². The standard InChI is InChI=1S/C33H30N2O7S/c1-40-29-15-13-22(17-31(29)42-3)28(37)20-43-26-11-7-10-24(18-26)34-33(39)27(35-32(38)21-8-5-4-6-9-21)16-23-12-14-25(36)19-30(23)41-2/h4-19,36H,20H2,1-3H3,(H,34,39)(H,35,38)/b27-16-. The minimum absolute atomic E-state index is 0.00718. The third kappa shape index (κ3) is 8.17. The Bertz CT molecular complexity index is 1650. The molecule has 2 amide bonds. The predicted octanol–water partition coefficient (Wildman–Crippen LogP) is 5.80. The number of ketones is 1. The summed E-state index contributed by atoms with van der Waals surface area (Å²) in [5, 5.41) is 15.3. The van der Waals surface area contributed by atoms with Gasteiger partial charge in [0, 0.05) is 33.3 Å². The van der Waals surface area contributed by atoms with Gasteiger partial charge in [-0.25, -0.2) is 0 Å². The van der Waals surface area contributed by atoms with Crippen LogP contribution in [-0.2, 0) is 4.79 Å². The first-order valence-corrected chi connectivity index (χ1v) is 14.0. The number of amides is 2. The molecule has 3 N–H and O–H groups in total. The van der Waals surface area contributed by atoms with Gasteiger partial charge in [-0.1, -0.05) is 24.3 Å². The molecule has 0 aromatic heterocycles. The number of aromatic hydroxyl groups is 1. The molecule has 4 aromatic carbocycles. The molecule has 0 spiro atoms. The molecule has 0 aliphatic rings. The number of benzene rings is 4. The number of carbonyl (C=O) groups is 3. The molecule has 0 saturated heterocycles. The Labute approximate surface area is 253 Å². The fraction of sp³-hybridized carbons (Fsp3) is 0.121. The molecule has 0 bridgehead atoms. The number of hydrogen-bond donors (Lipinski definition) is 3. The highest BCUT2D eigenvalue weighted by atomic mass is 32.2. The lowest BCUT2D eigenvalue weighted by atomic mass is 10.1. The monoisotopic (exact) mass is 598 g/mol. The maximum Gasteiger partial charge on any atom is 0.272 e. The number of Topliss-reactive ketones (excluding diaryl/α,β-unsaturated/α-hetero) is 1. The van der Waals surface area contributed by atoms with Crippen LogP contribution in [0, 0.1) is 0 Å². The van der Waals surface area contributed by atoms with Crippen LogP contribution in [0.3, 0.4) is 0 Å². The van der Waals surface area contributed by atoms with Gasteiger partial charge in [0.2, 0.25) is 0 Å². The van der Waals surface area contributed by atoms with Crippen molar-refractivity contribution in [3.63, 3.8) is 0 Å². The van der Waals surface area contributed by atoms with E-state index < -0.39 is 11.8 Å². The summed E-state index contributed by atoms with van der Waals surface area (Å²) in [5.74, 6) is 0.316. The van der Waals surface area contributed by atoms with Crippen LogP contribution in [0.25, 0.3) is 6.08 Å². The van der Waals surface area contributed by atoms with Crippen LogP contribution in [0.1, 0.15) is 26.3 Å². The lowest BCUT2D eigenvalue weighted by Gasteiger charge is -2.13. The van der Waals surface area contributed by atoms with Gasteiger partial charge in [0.05, 0.1) is 27.1 Å². The van der Waals surface area contributed by atoms with Crippen molar-refractivity contribution in [2.24, 2.45) is 0 Å². The Balaban J connectivity index is 1.52. The van der Waals surface area contributed by atoms with E-state index in [4.69, 9.17) is 14.2 Å². The number of nitrogens with one attached hydrogen (secondary N) is 2. The summed E-state index contributed by atoms with van der Waals surface area (Å²) >= 11 is 1.32. The highest BCUT2D eigenvalue weighted by Gasteiger charge is 2.17. The van der Waals surface area contributed by atoms with Gasteiger partial charge in [0.15, 0.2) is 17.3 Å². The van der Waals surface area contributed by atoms with E-state index in [0.717, 1.165) is 4.90 Å². The Morgan fingerprint density at radius 2 is 1.51 bits per heavy atom. The number of hydrogen-bond acceptors (Lipinski definition) is 8. The highest BCUT2D eigenvalue weighted by Crippen LogP contribution is 2.30. The molecule has 0 aliphatic heterocycles. The second kappa shape index (κ2) is 14.6. The van der Waals surface area contributed by atoms with Crippen LogP contribution in [0.15, 0.2) is 102 Å². The van der Waals surface area contributed by atoms with Gasteiger partial charge < -0.3 is 30.0 Å². The van der Waals surface area contributed by atoms with Gasteiger partial charge in [-0.3, -0.25) is 14.4 Å². The lowest BCUT2D eigenvalue weighted by Crippen LogP contribution is -2.30. The largest absolute Gasteiger partial charge is 0.508 e. The van der Waals surface area contributed by atoms with Gasteiger partial charge in [-0.15, -0.1) is 11.8 Å². The Kier molecular flexibility index (Phi) is 10.4. The average Bonchev–Trinajstić information content (AvgIpc) is 3.04. The fourth-order valence-electron chi connectivity index (χ4n) is 4.02. The van der Waals surface area contributed by atoms with Crippen LogP contribution >= 0.6 is 11.8 Å². The zero-order chi connectivity index (χ0) is 30.8. The van der Waals surface area contributed by atoms with Crippen molar-refractivity contribution in [2.45, 2.75) is 4.90 Å². The van der Waals surface area contributed by atoms with Gasteiger partial charge >= 0.3 is 0 Å². The SMILES string of the molecule is COc1cc(O)ccc1/C=C(\NC(=O)c1ccccc1)C(=O)Nc1cccc(SCC(=O)c2ccc(OC)c(OC)c2)c1. The molecule has 4 aromatic rings. The summed E-state index contributed by atoms with van der Waals surface area (Å²) in [5.41, 5.74) is 1.75. The maximum atomic E-state index is 13.5. The number of carbonyl (C=O) groups excluding carboxylic acids is 3. The number of methoxy groups -OCH3 is 3. The van der Waals surface area contributed by atoms with Gasteiger partial charge in [0.25, 0.3) is 11.8 Å². The van der Waals surface area contributed by atoms with Gasteiger partial charge in [-0.05, 0) is 66.7 Å². The van der Waals surface area contributed by atoms with Gasteiger partial charge in [-0.2, -0.15) is 0 Å². The topological polar surface area (TPSA) is 123 Å². The number of anilines is 1. The molecule has 10 heteroatoms. The van der Waals surface area contributed by atoms with Gasteiger partial charge in [0.1, 0.15) is 17.2 Å². The molecule has 4 rings (SSSR count). The summed E-state index contributed by atoms with van der Waals surface area (Å²) in [6.07, 6.45) is 1.47. The zero-order valence-electron chi connectivity index (χ0n) is 23.7. The van der Waals surface area contributed by atoms with Crippen LogP contribution < -0.4 is 24.8 Å². The lowest BCUT2D eigenvalue weighted by molar-refractivity contribution is -0.113. The summed E-state index contributed by atoms with van der Waals surface area (Å²) in [7, 11) is 4.48. The molecule has 0 saturated carbocycles. The molecule has 0 fully saturated rings. The molecule has 9 nitrogen and oxygen atoms in total. The van der Waals surface area contributed by atoms with Crippen molar-refractivity contribution < 1.29 is 33.7 Å². The second-order valence-electron chi connectivity index (χ2n) is 9.07. The van der Waals surface area contributed by atoms with Crippen LogP contribution in [-0.4, -0.2) is 49.8 Å². The first kappa shape index (κ1) is 30.7. The summed E-state index contributed by atoms with van der Waals surface area (Å²) in [4.78, 5) is 40.0. The van der Waals surface area contributed by atoms with Crippen molar-refractivity contribution in [1.82, 2.24) is 5.32 Å². The van der Waals surface area contributed by atoms with E-state index in [9.17, 15) is 19.5 Å². The normalized spacial score (nSPS) is 10.9. The van der Waals surface area contributed by atoms with E-state index in [2.05, 4.69) is 10.6 Å². The van der Waals surface area contributed by atoms with Crippen LogP contribution in [0.4, 0.5) is 5.69 Å². The van der Waals surface area contributed by atoms with Crippen molar-refractivity contribution in [3.05, 3.63) is 113 Å². The number of thioether (sulfide) groups is 1. The first-order chi connectivity index (χ1) is 20.8. The zero-order valence-corrected chi connectivity index (χ0v) is 24.6. The van der Waals surface area contributed by atoms with E-state index >= 15 is 0 Å². The average molecular weight is 599 g/mol. The maximum absolute atomic E-state index is 13.5.